The van der Waals surface area contributed by atoms with Gasteiger partial charge in [0.25, 0.3) is 0 Å². The van der Waals surface area contributed by atoms with Crippen LogP contribution in [0, 0.1) is 12.3 Å². The van der Waals surface area contributed by atoms with Crippen molar-refractivity contribution in [1.29, 1.82) is 0 Å². The SMILES string of the molecule is CNCc1c(COCC(=O)CCNC(=O)C(O)C(C)(C)CO)cnc(C)c1O. The van der Waals surface area contributed by atoms with E-state index in [-0.39, 0.29) is 44.3 Å². The molecule has 9 nitrogen and oxygen atoms in total. The van der Waals surface area contributed by atoms with Crippen LogP contribution in [-0.2, 0) is 27.5 Å². The van der Waals surface area contributed by atoms with E-state index < -0.39 is 17.4 Å². The molecular weight excluding hydrogens is 366 g/mol. The van der Waals surface area contributed by atoms with Crippen LogP contribution in [0.4, 0.5) is 0 Å². The van der Waals surface area contributed by atoms with E-state index in [4.69, 9.17) is 9.84 Å². The van der Waals surface area contributed by atoms with Crippen molar-refractivity contribution in [3.63, 3.8) is 0 Å². The highest BCUT2D eigenvalue weighted by atomic mass is 16.5. The first-order valence-corrected chi connectivity index (χ1v) is 9.11. The van der Waals surface area contributed by atoms with Crippen LogP contribution in [-0.4, -0.2) is 64.9 Å². The summed E-state index contributed by atoms with van der Waals surface area (Å²) >= 11 is 0. The monoisotopic (exact) mass is 397 g/mol. The molecule has 1 atom stereocenters. The molecule has 1 heterocycles. The van der Waals surface area contributed by atoms with Crippen molar-refractivity contribution in [3.8, 4) is 5.75 Å². The lowest BCUT2D eigenvalue weighted by Gasteiger charge is -2.27. The summed E-state index contributed by atoms with van der Waals surface area (Å²) < 4.78 is 5.42. The summed E-state index contributed by atoms with van der Waals surface area (Å²) in [6.07, 6.45) is 0.298. The highest BCUT2D eigenvalue weighted by Crippen LogP contribution is 2.24. The molecule has 0 fully saturated rings. The summed E-state index contributed by atoms with van der Waals surface area (Å²) in [4.78, 5) is 27.8. The fourth-order valence-corrected chi connectivity index (χ4v) is 2.39. The molecule has 0 spiro atoms. The molecule has 9 heteroatoms. The lowest BCUT2D eigenvalue weighted by atomic mass is 9.87. The van der Waals surface area contributed by atoms with Crippen molar-refractivity contribution in [2.24, 2.45) is 5.41 Å². The molecule has 0 aliphatic carbocycles. The van der Waals surface area contributed by atoms with Gasteiger partial charge < -0.3 is 30.7 Å². The summed E-state index contributed by atoms with van der Waals surface area (Å²) in [6.45, 7) is 4.99. The molecule has 0 saturated carbocycles. The molecule has 1 rings (SSSR count). The number of hydrogen-bond acceptors (Lipinski definition) is 8. The largest absolute Gasteiger partial charge is 0.506 e. The second-order valence-corrected chi connectivity index (χ2v) is 7.35. The fraction of sp³-hybridized carbons (Fsp3) is 0.632. The first-order chi connectivity index (χ1) is 13.1. The van der Waals surface area contributed by atoms with Crippen molar-refractivity contribution in [3.05, 3.63) is 23.0 Å². The molecule has 158 valence electrons. The fourth-order valence-electron chi connectivity index (χ4n) is 2.39. The maximum atomic E-state index is 11.9. The van der Waals surface area contributed by atoms with Crippen molar-refractivity contribution >= 4 is 11.7 Å². The van der Waals surface area contributed by atoms with Crippen molar-refractivity contribution in [2.45, 2.75) is 46.4 Å². The van der Waals surface area contributed by atoms with Crippen LogP contribution in [0.2, 0.25) is 0 Å². The number of nitrogens with one attached hydrogen (secondary N) is 2. The molecule has 28 heavy (non-hydrogen) atoms. The molecule has 0 saturated heterocycles. The van der Waals surface area contributed by atoms with Gasteiger partial charge in [0.2, 0.25) is 5.91 Å². The van der Waals surface area contributed by atoms with Gasteiger partial charge in [-0.2, -0.15) is 0 Å². The van der Waals surface area contributed by atoms with Gasteiger partial charge in [0, 0.05) is 42.2 Å². The van der Waals surface area contributed by atoms with Crippen molar-refractivity contribution in [2.75, 3.05) is 26.8 Å². The maximum absolute atomic E-state index is 11.9. The number of carbonyl (C=O) groups is 2. The second-order valence-electron chi connectivity index (χ2n) is 7.35. The Morgan fingerprint density at radius 2 is 2.04 bits per heavy atom. The van der Waals surface area contributed by atoms with E-state index >= 15 is 0 Å². The van der Waals surface area contributed by atoms with Gasteiger partial charge in [-0.15, -0.1) is 0 Å². The number of carbonyl (C=O) groups excluding carboxylic acids is 2. The Kier molecular flexibility index (Phi) is 9.47. The molecule has 0 radical (unpaired) electrons. The van der Waals surface area contributed by atoms with Gasteiger partial charge in [-0.3, -0.25) is 14.6 Å². The lowest BCUT2D eigenvalue weighted by molar-refractivity contribution is -0.137. The second kappa shape index (κ2) is 11.1. The predicted molar refractivity (Wildman–Crippen MR) is 103 cm³/mol. The standard InChI is InChI=1S/C19H31N3O6/c1-12-16(25)15(8-20-4)13(7-22-12)9-28-10-14(24)5-6-21-18(27)17(26)19(2,3)11-23/h7,17,20,23,25-26H,5-6,8-11H2,1-4H3,(H,21,27). The quantitative estimate of drug-likeness (QED) is 0.326. The van der Waals surface area contributed by atoms with E-state index in [1.165, 1.54) is 0 Å². The Balaban J connectivity index is 2.42. The van der Waals surface area contributed by atoms with Gasteiger partial charge in [0.15, 0.2) is 5.78 Å². The van der Waals surface area contributed by atoms with E-state index in [0.29, 0.717) is 23.4 Å². The molecular formula is C19H31N3O6. The number of nitrogens with zero attached hydrogens (tertiary/aromatic N) is 1. The number of aliphatic hydroxyl groups excluding tert-OH is 2. The van der Waals surface area contributed by atoms with Crippen LogP contribution in [0.1, 0.15) is 37.1 Å². The molecule has 0 aliphatic heterocycles. The zero-order valence-electron chi connectivity index (χ0n) is 16.9. The number of aromatic hydroxyl groups is 1. The summed E-state index contributed by atoms with van der Waals surface area (Å²) in [5.41, 5.74) is 0.922. The lowest BCUT2D eigenvalue weighted by Crippen LogP contribution is -2.46. The third kappa shape index (κ3) is 6.83. The molecule has 5 N–H and O–H groups in total. The number of aromatic nitrogens is 1. The molecule has 0 aromatic carbocycles. The van der Waals surface area contributed by atoms with Crippen LogP contribution in [0.25, 0.3) is 0 Å². The van der Waals surface area contributed by atoms with E-state index in [0.717, 1.165) is 0 Å². The van der Waals surface area contributed by atoms with Crippen LogP contribution in [0.5, 0.6) is 5.75 Å². The highest BCUT2D eigenvalue weighted by molar-refractivity contribution is 5.83. The number of aryl methyl sites for hydroxylation is 1. The Morgan fingerprint density at radius 1 is 1.36 bits per heavy atom. The number of ether oxygens (including phenoxy) is 1. The Labute approximate surface area is 165 Å². The smallest absolute Gasteiger partial charge is 0.249 e. The third-order valence-electron chi connectivity index (χ3n) is 4.40. The van der Waals surface area contributed by atoms with Crippen LogP contribution < -0.4 is 10.6 Å². The summed E-state index contributed by atoms with van der Waals surface area (Å²) in [6, 6.07) is 0. The number of aliphatic hydroxyl groups is 2. The highest BCUT2D eigenvalue weighted by Gasteiger charge is 2.32. The van der Waals surface area contributed by atoms with Gasteiger partial charge in [-0.1, -0.05) is 13.8 Å². The minimum atomic E-state index is -1.36. The molecule has 0 bridgehead atoms. The predicted octanol–water partition coefficient (Wildman–Crippen LogP) is -0.214. The van der Waals surface area contributed by atoms with E-state index in [2.05, 4.69) is 15.6 Å². The van der Waals surface area contributed by atoms with Gasteiger partial charge in [-0.25, -0.2) is 0 Å². The zero-order valence-corrected chi connectivity index (χ0v) is 16.9. The van der Waals surface area contributed by atoms with Gasteiger partial charge in [0.05, 0.1) is 18.9 Å². The average molecular weight is 397 g/mol. The first kappa shape index (κ1) is 24.0. The van der Waals surface area contributed by atoms with Crippen LogP contribution >= 0.6 is 0 Å². The van der Waals surface area contributed by atoms with Gasteiger partial charge in [-0.05, 0) is 14.0 Å². The minimum Gasteiger partial charge on any atom is -0.506 e. The van der Waals surface area contributed by atoms with Gasteiger partial charge in [0.1, 0.15) is 18.5 Å². The number of hydrogen-bond donors (Lipinski definition) is 5. The topological polar surface area (TPSA) is 141 Å². The van der Waals surface area contributed by atoms with Crippen molar-refractivity contribution < 1.29 is 29.6 Å². The number of pyridine rings is 1. The molecule has 1 aromatic heterocycles. The number of rotatable bonds is 12. The normalized spacial score (nSPS) is 12.6. The van der Waals surface area contributed by atoms with E-state index in [9.17, 15) is 19.8 Å². The Bertz CT molecular complexity index is 678. The van der Waals surface area contributed by atoms with E-state index in [1.54, 1.807) is 34.0 Å². The molecule has 1 amide bonds. The van der Waals surface area contributed by atoms with Gasteiger partial charge >= 0.3 is 0 Å². The molecule has 1 aromatic rings. The van der Waals surface area contributed by atoms with Crippen LogP contribution in [0.3, 0.4) is 0 Å². The van der Waals surface area contributed by atoms with Crippen LogP contribution in [0.15, 0.2) is 6.20 Å². The molecule has 1 unspecified atom stereocenters. The number of Topliss-reactive ketones (excluding diaryl/α,β-unsaturated/α-hetero) is 1. The summed E-state index contributed by atoms with van der Waals surface area (Å²) in [7, 11) is 1.76. The number of ketones is 1. The zero-order chi connectivity index (χ0) is 21.3. The summed E-state index contributed by atoms with van der Waals surface area (Å²) in [5.74, 6) is -0.741. The Hall–Kier alpha value is -2.07. The van der Waals surface area contributed by atoms with Crippen molar-refractivity contribution in [1.82, 2.24) is 15.6 Å². The minimum absolute atomic E-state index is 0.0543. The third-order valence-corrected chi connectivity index (χ3v) is 4.40. The maximum Gasteiger partial charge on any atom is 0.249 e. The Morgan fingerprint density at radius 3 is 2.64 bits per heavy atom. The number of amides is 1. The summed E-state index contributed by atoms with van der Waals surface area (Å²) in [5, 5.41) is 34.6. The van der Waals surface area contributed by atoms with E-state index in [1.807, 2.05) is 0 Å². The first-order valence-electron chi connectivity index (χ1n) is 9.11. The molecule has 0 aliphatic rings. The average Bonchev–Trinajstić information content (AvgIpc) is 2.66.